The van der Waals surface area contributed by atoms with Gasteiger partial charge in [-0.1, -0.05) is 24.4 Å². The minimum atomic E-state index is -1.24. The fraction of sp³-hybridized carbons (Fsp3) is 0.474. The third-order valence-corrected chi connectivity index (χ3v) is 5.63. The highest BCUT2D eigenvalue weighted by atomic mass is 35.5. The smallest absolute Gasteiger partial charge is 0.326 e. The Hall–Kier alpha value is -3.01. The average molecular weight is 438 g/mol. The van der Waals surface area contributed by atoms with Crippen molar-refractivity contribution in [2.45, 2.75) is 38.7 Å². The van der Waals surface area contributed by atoms with E-state index in [2.05, 4.69) is 5.32 Å². The molecule has 1 aromatic carbocycles. The highest BCUT2D eigenvalue weighted by Crippen LogP contribution is 2.37. The SMILES string of the molecule is CC(OC(=O)CN1C(=O)C2CCCCC2C1=O)C(=O)Nc1ccc([N+](=O)[O-])cc1Cl. The Morgan fingerprint density at radius 1 is 1.27 bits per heavy atom. The molecule has 2 fully saturated rings. The van der Waals surface area contributed by atoms with Gasteiger partial charge in [-0.25, -0.2) is 0 Å². The van der Waals surface area contributed by atoms with Gasteiger partial charge in [0.15, 0.2) is 6.10 Å². The lowest BCUT2D eigenvalue weighted by molar-refractivity contribution is -0.384. The fourth-order valence-corrected chi connectivity index (χ4v) is 3.98. The molecule has 1 aliphatic carbocycles. The monoisotopic (exact) mass is 437 g/mol. The Bertz CT molecular complexity index is 895. The first-order chi connectivity index (χ1) is 14.2. The van der Waals surface area contributed by atoms with E-state index in [-0.39, 0.29) is 40.0 Å². The molecule has 11 heteroatoms. The van der Waals surface area contributed by atoms with Gasteiger partial charge < -0.3 is 10.1 Å². The van der Waals surface area contributed by atoms with Gasteiger partial charge in [-0.15, -0.1) is 0 Å². The number of nitrogens with zero attached hydrogens (tertiary/aromatic N) is 2. The lowest BCUT2D eigenvalue weighted by Gasteiger charge is -2.19. The molecule has 1 saturated carbocycles. The maximum absolute atomic E-state index is 12.4. The third kappa shape index (κ3) is 4.43. The number of halogens is 1. The maximum atomic E-state index is 12.4. The number of ether oxygens (including phenoxy) is 1. The summed E-state index contributed by atoms with van der Waals surface area (Å²) in [5.74, 6) is -3.07. The second kappa shape index (κ2) is 8.78. The number of rotatable bonds is 6. The number of anilines is 1. The Balaban J connectivity index is 1.56. The first kappa shape index (κ1) is 21.7. The number of esters is 1. The standard InChI is InChI=1S/C19H20ClN3O7/c1-10(17(25)21-15-7-6-11(23(28)29)8-14(15)20)30-16(24)9-22-18(26)12-4-2-3-5-13(12)19(22)27/h6-8,10,12-13H,2-5,9H2,1H3,(H,21,25). The number of imide groups is 1. The summed E-state index contributed by atoms with van der Waals surface area (Å²) in [6.45, 7) is 0.778. The van der Waals surface area contributed by atoms with Crippen LogP contribution in [0.15, 0.2) is 18.2 Å². The second-order valence-electron chi connectivity index (χ2n) is 7.30. The van der Waals surface area contributed by atoms with Crippen LogP contribution >= 0.6 is 11.6 Å². The number of nitrogens with one attached hydrogen (secondary N) is 1. The van der Waals surface area contributed by atoms with Crippen molar-refractivity contribution in [2.75, 3.05) is 11.9 Å². The number of likely N-dealkylation sites (tertiary alicyclic amines) is 1. The summed E-state index contributed by atoms with van der Waals surface area (Å²) >= 11 is 5.92. The summed E-state index contributed by atoms with van der Waals surface area (Å²) in [4.78, 5) is 60.3. The van der Waals surface area contributed by atoms with Crippen LogP contribution in [0.25, 0.3) is 0 Å². The summed E-state index contributed by atoms with van der Waals surface area (Å²) in [6, 6.07) is 3.51. The molecule has 0 radical (unpaired) electrons. The van der Waals surface area contributed by atoms with Gasteiger partial charge in [0.1, 0.15) is 6.54 Å². The highest BCUT2D eigenvalue weighted by molar-refractivity contribution is 6.34. The minimum absolute atomic E-state index is 0.0491. The van der Waals surface area contributed by atoms with Crippen LogP contribution < -0.4 is 5.32 Å². The van der Waals surface area contributed by atoms with Gasteiger partial charge in [0, 0.05) is 12.1 Å². The molecule has 1 heterocycles. The van der Waals surface area contributed by atoms with Crippen LogP contribution in [0.1, 0.15) is 32.6 Å². The predicted molar refractivity (Wildman–Crippen MR) is 104 cm³/mol. The van der Waals surface area contributed by atoms with Crippen molar-refractivity contribution in [3.63, 3.8) is 0 Å². The lowest BCUT2D eigenvalue weighted by atomic mass is 9.81. The Kier molecular flexibility index (Phi) is 6.35. The van der Waals surface area contributed by atoms with Crippen LogP contribution in [0.2, 0.25) is 5.02 Å². The molecule has 3 rings (SSSR count). The Morgan fingerprint density at radius 2 is 1.87 bits per heavy atom. The van der Waals surface area contributed by atoms with Crippen LogP contribution in [0, 0.1) is 22.0 Å². The van der Waals surface area contributed by atoms with E-state index < -0.39 is 29.4 Å². The second-order valence-corrected chi connectivity index (χ2v) is 7.71. The van der Waals surface area contributed by atoms with Crippen molar-refractivity contribution in [3.05, 3.63) is 33.3 Å². The molecule has 0 aromatic heterocycles. The molecule has 160 valence electrons. The normalized spacial score (nSPS) is 21.7. The average Bonchev–Trinajstić information content (AvgIpc) is 2.94. The van der Waals surface area contributed by atoms with Crippen molar-refractivity contribution in [1.29, 1.82) is 0 Å². The van der Waals surface area contributed by atoms with E-state index in [1.807, 2.05) is 0 Å². The fourth-order valence-electron chi connectivity index (χ4n) is 3.76. The molecule has 3 atom stereocenters. The van der Waals surface area contributed by atoms with E-state index in [4.69, 9.17) is 16.3 Å². The van der Waals surface area contributed by atoms with Crippen LogP contribution in [-0.2, 0) is 23.9 Å². The molecule has 0 spiro atoms. The topological polar surface area (TPSA) is 136 Å². The number of non-ortho nitro benzene ring substituents is 1. The van der Waals surface area contributed by atoms with Crippen LogP contribution in [0.3, 0.4) is 0 Å². The lowest BCUT2D eigenvalue weighted by Crippen LogP contribution is -2.39. The molecule has 1 aliphatic heterocycles. The largest absolute Gasteiger partial charge is 0.451 e. The van der Waals surface area contributed by atoms with Crippen molar-refractivity contribution in [1.82, 2.24) is 4.90 Å². The van der Waals surface area contributed by atoms with Crippen LogP contribution in [-0.4, -0.2) is 46.2 Å². The predicted octanol–water partition coefficient (Wildman–Crippen LogP) is 2.29. The Morgan fingerprint density at radius 3 is 2.40 bits per heavy atom. The van der Waals surface area contributed by atoms with E-state index in [0.29, 0.717) is 12.8 Å². The molecule has 10 nitrogen and oxygen atoms in total. The van der Waals surface area contributed by atoms with Crippen molar-refractivity contribution in [3.8, 4) is 0 Å². The van der Waals surface area contributed by atoms with E-state index in [1.54, 1.807) is 0 Å². The number of carbonyl (C=O) groups excluding carboxylic acids is 4. The zero-order valence-corrected chi connectivity index (χ0v) is 16.9. The van der Waals surface area contributed by atoms with Crippen LogP contribution in [0.5, 0.6) is 0 Å². The van der Waals surface area contributed by atoms with Crippen molar-refractivity contribution >= 4 is 46.7 Å². The number of nitro benzene ring substituents is 1. The molecule has 2 aliphatic rings. The van der Waals surface area contributed by atoms with E-state index >= 15 is 0 Å². The third-order valence-electron chi connectivity index (χ3n) is 5.32. The number of hydrogen-bond acceptors (Lipinski definition) is 7. The van der Waals surface area contributed by atoms with Gasteiger partial charge in [-0.05, 0) is 25.8 Å². The number of hydrogen-bond donors (Lipinski definition) is 1. The number of nitro groups is 1. The zero-order chi connectivity index (χ0) is 22.0. The van der Waals surface area contributed by atoms with Crippen LogP contribution in [0.4, 0.5) is 11.4 Å². The summed E-state index contributed by atoms with van der Waals surface area (Å²) in [5.41, 5.74) is -0.123. The summed E-state index contributed by atoms with van der Waals surface area (Å²) in [5, 5.41) is 13.1. The Labute approximate surface area is 176 Å². The number of amides is 3. The molecule has 30 heavy (non-hydrogen) atoms. The van der Waals surface area contributed by atoms with Crippen molar-refractivity contribution < 1.29 is 28.8 Å². The molecular formula is C19H20ClN3O7. The molecule has 1 saturated heterocycles. The maximum Gasteiger partial charge on any atom is 0.326 e. The van der Waals surface area contributed by atoms with E-state index in [1.165, 1.54) is 19.1 Å². The molecule has 1 aromatic rings. The minimum Gasteiger partial charge on any atom is -0.451 e. The molecule has 0 bridgehead atoms. The first-order valence-electron chi connectivity index (χ1n) is 9.48. The molecule has 3 amide bonds. The number of benzene rings is 1. The van der Waals surface area contributed by atoms with Gasteiger partial charge in [0.2, 0.25) is 11.8 Å². The van der Waals surface area contributed by atoms with Gasteiger partial charge >= 0.3 is 5.97 Å². The molecule has 1 N–H and O–H groups in total. The zero-order valence-electron chi connectivity index (χ0n) is 16.1. The summed E-state index contributed by atoms with van der Waals surface area (Å²) < 4.78 is 5.05. The van der Waals surface area contributed by atoms with Crippen molar-refractivity contribution in [2.24, 2.45) is 11.8 Å². The van der Waals surface area contributed by atoms with Gasteiger partial charge in [-0.2, -0.15) is 0 Å². The summed E-state index contributed by atoms with van der Waals surface area (Å²) in [7, 11) is 0. The quantitative estimate of drug-likeness (QED) is 0.312. The highest BCUT2D eigenvalue weighted by Gasteiger charge is 2.48. The first-order valence-corrected chi connectivity index (χ1v) is 9.86. The van der Waals surface area contributed by atoms with Gasteiger partial charge in [-0.3, -0.25) is 34.2 Å². The van der Waals surface area contributed by atoms with E-state index in [9.17, 15) is 29.3 Å². The summed E-state index contributed by atoms with van der Waals surface area (Å²) in [6.07, 6.45) is 1.78. The van der Waals surface area contributed by atoms with Gasteiger partial charge in [0.05, 0.1) is 27.5 Å². The van der Waals surface area contributed by atoms with Gasteiger partial charge in [0.25, 0.3) is 11.6 Å². The van der Waals surface area contributed by atoms with E-state index in [0.717, 1.165) is 23.8 Å². The molecular weight excluding hydrogens is 418 g/mol. The number of fused-ring (bicyclic) bond motifs is 1. The number of carbonyl (C=O) groups is 4. The molecule has 3 unspecified atom stereocenters.